The normalized spacial score (nSPS) is 23.9. The molecule has 0 radical (unpaired) electrons. The van der Waals surface area contributed by atoms with Crippen molar-refractivity contribution in [3.8, 4) is 16.9 Å². The second kappa shape index (κ2) is 9.86. The molecule has 1 aliphatic rings. The summed E-state index contributed by atoms with van der Waals surface area (Å²) in [5, 5.41) is 34.0. The Kier molecular flexibility index (Phi) is 6.75. The van der Waals surface area contributed by atoms with Gasteiger partial charge in [-0.25, -0.2) is 27.5 Å². The van der Waals surface area contributed by atoms with E-state index in [9.17, 15) is 23.4 Å². The summed E-state index contributed by atoms with van der Waals surface area (Å²) in [7, 11) is 0. The van der Waals surface area contributed by atoms with Gasteiger partial charge in [-0.05, 0) is 37.3 Å². The molecule has 0 saturated carbocycles. The summed E-state index contributed by atoms with van der Waals surface area (Å²) >= 11 is 6.17. The van der Waals surface area contributed by atoms with Gasteiger partial charge < -0.3 is 14.9 Å². The number of rotatable bonds is 5. The highest BCUT2D eigenvalue weighted by molar-refractivity contribution is 6.30. The molecule has 4 aromatic rings. The van der Waals surface area contributed by atoms with E-state index in [2.05, 4.69) is 20.4 Å². The highest BCUT2D eigenvalue weighted by atomic mass is 35.5. The van der Waals surface area contributed by atoms with E-state index in [0.717, 1.165) is 12.1 Å². The number of hydrogen-bond donors (Lipinski definition) is 2. The Labute approximate surface area is 214 Å². The predicted octanol–water partition coefficient (Wildman–Crippen LogP) is 3.58. The van der Waals surface area contributed by atoms with Crippen molar-refractivity contribution < 1.29 is 28.1 Å². The second-order valence-corrected chi connectivity index (χ2v) is 9.30. The number of aromatic nitrogens is 6. The third-order valence-electron chi connectivity index (χ3n) is 6.39. The molecule has 1 fully saturated rings. The zero-order valence-corrected chi connectivity index (χ0v) is 20.4. The highest BCUT2D eigenvalue weighted by Crippen LogP contribution is 2.42. The Morgan fingerprint density at radius 1 is 1.14 bits per heavy atom. The van der Waals surface area contributed by atoms with Crippen molar-refractivity contribution in [2.75, 3.05) is 6.61 Å². The molecule has 0 spiro atoms. The molecule has 194 valence electrons. The lowest BCUT2D eigenvalue weighted by Crippen LogP contribution is -2.50. The van der Waals surface area contributed by atoms with Crippen molar-refractivity contribution in [1.29, 1.82) is 0 Å². The zero-order valence-electron chi connectivity index (χ0n) is 19.6. The van der Waals surface area contributed by atoms with E-state index < -0.39 is 54.3 Å². The van der Waals surface area contributed by atoms with Crippen LogP contribution in [-0.4, -0.2) is 58.8 Å². The van der Waals surface area contributed by atoms with Crippen LogP contribution in [0, 0.1) is 30.3 Å². The summed E-state index contributed by atoms with van der Waals surface area (Å²) in [5.41, 5.74) is 0.688. The molecular weight excluding hydrogens is 513 g/mol. The standard InChI is InChI=1S/C24H22ClF3N6O3/c1-11-21(33-9-18(30-32-33)13-6-16(26)20(28)17(27)7-13)22(36)19(10-35)37-23(11)24-29-12(2)31-34(24)15-5-3-4-14(25)8-15/h3-9,11,19,21-23,35-36H,10H2,1-2H3/t11-,19-,21-,22+,23-/m1/s1. The first kappa shape index (κ1) is 25.3. The lowest BCUT2D eigenvalue weighted by molar-refractivity contribution is -0.185. The molecule has 1 aliphatic heterocycles. The number of ether oxygens (including phenoxy) is 1. The largest absolute Gasteiger partial charge is 0.394 e. The monoisotopic (exact) mass is 534 g/mol. The van der Waals surface area contributed by atoms with E-state index in [0.29, 0.717) is 22.4 Å². The summed E-state index contributed by atoms with van der Waals surface area (Å²) in [4.78, 5) is 4.55. The number of aryl methyl sites for hydroxylation is 1. The number of hydrogen-bond acceptors (Lipinski definition) is 7. The summed E-state index contributed by atoms with van der Waals surface area (Å²) < 4.78 is 50.0. The third-order valence-corrected chi connectivity index (χ3v) is 6.62. The Bertz CT molecular complexity index is 1420. The van der Waals surface area contributed by atoms with Gasteiger partial charge in [0.15, 0.2) is 23.3 Å². The number of nitrogens with zero attached hydrogens (tertiary/aromatic N) is 6. The Balaban J connectivity index is 1.54. The number of aliphatic hydroxyl groups is 2. The van der Waals surface area contributed by atoms with Gasteiger partial charge in [-0.2, -0.15) is 5.10 Å². The van der Waals surface area contributed by atoms with Gasteiger partial charge in [-0.15, -0.1) is 5.10 Å². The average molecular weight is 535 g/mol. The molecule has 1 saturated heterocycles. The van der Waals surface area contributed by atoms with Crippen LogP contribution >= 0.6 is 11.6 Å². The third kappa shape index (κ3) is 4.61. The molecule has 2 aromatic carbocycles. The van der Waals surface area contributed by atoms with E-state index in [1.807, 2.05) is 0 Å². The van der Waals surface area contributed by atoms with Crippen molar-refractivity contribution in [3.63, 3.8) is 0 Å². The van der Waals surface area contributed by atoms with Gasteiger partial charge in [-0.3, -0.25) is 0 Å². The topological polar surface area (TPSA) is 111 Å². The van der Waals surface area contributed by atoms with Crippen LogP contribution in [0.25, 0.3) is 16.9 Å². The molecule has 0 amide bonds. The first-order chi connectivity index (χ1) is 17.7. The Hall–Kier alpha value is -3.32. The van der Waals surface area contributed by atoms with E-state index >= 15 is 0 Å². The lowest BCUT2D eigenvalue weighted by atomic mass is 9.85. The van der Waals surface area contributed by atoms with E-state index in [1.165, 1.54) is 10.9 Å². The molecule has 37 heavy (non-hydrogen) atoms. The molecular formula is C24H22ClF3N6O3. The first-order valence-corrected chi connectivity index (χ1v) is 11.8. The Morgan fingerprint density at radius 3 is 2.54 bits per heavy atom. The van der Waals surface area contributed by atoms with Gasteiger partial charge in [0.25, 0.3) is 0 Å². The Morgan fingerprint density at radius 2 is 1.86 bits per heavy atom. The fourth-order valence-electron chi connectivity index (χ4n) is 4.62. The van der Waals surface area contributed by atoms with Crippen LogP contribution in [0.4, 0.5) is 13.2 Å². The minimum atomic E-state index is -1.59. The van der Waals surface area contributed by atoms with Crippen molar-refractivity contribution in [1.82, 2.24) is 29.8 Å². The number of halogens is 4. The average Bonchev–Trinajstić information content (AvgIpc) is 3.50. The van der Waals surface area contributed by atoms with E-state index in [1.54, 1.807) is 42.8 Å². The molecule has 3 heterocycles. The van der Waals surface area contributed by atoms with Crippen LogP contribution in [0.1, 0.15) is 30.7 Å². The van der Waals surface area contributed by atoms with Gasteiger partial charge in [0.1, 0.15) is 29.8 Å². The fraction of sp³-hybridized carbons (Fsp3) is 0.333. The van der Waals surface area contributed by atoms with E-state index in [-0.39, 0.29) is 11.3 Å². The van der Waals surface area contributed by atoms with Gasteiger partial charge in [-0.1, -0.05) is 29.8 Å². The van der Waals surface area contributed by atoms with Crippen LogP contribution in [0.2, 0.25) is 5.02 Å². The molecule has 0 bridgehead atoms. The van der Waals surface area contributed by atoms with Crippen molar-refractivity contribution in [3.05, 3.63) is 76.7 Å². The van der Waals surface area contributed by atoms with Gasteiger partial charge in [0.05, 0.1) is 24.5 Å². The fourth-order valence-corrected chi connectivity index (χ4v) is 4.80. The van der Waals surface area contributed by atoms with Gasteiger partial charge >= 0.3 is 0 Å². The maximum Gasteiger partial charge on any atom is 0.194 e. The minimum absolute atomic E-state index is 0.0246. The number of benzene rings is 2. The van der Waals surface area contributed by atoms with Crippen LogP contribution in [0.5, 0.6) is 0 Å². The molecule has 13 heteroatoms. The van der Waals surface area contributed by atoms with Crippen LogP contribution in [0.3, 0.4) is 0 Å². The maximum atomic E-state index is 13.8. The summed E-state index contributed by atoms with van der Waals surface area (Å²) in [6.45, 7) is 3.02. The number of aliphatic hydroxyl groups excluding tert-OH is 2. The summed E-state index contributed by atoms with van der Waals surface area (Å²) in [6, 6.07) is 7.86. The molecule has 5 rings (SSSR count). The molecule has 5 atom stereocenters. The quantitative estimate of drug-likeness (QED) is 0.376. The predicted molar refractivity (Wildman–Crippen MR) is 125 cm³/mol. The zero-order chi connectivity index (χ0) is 26.4. The van der Waals surface area contributed by atoms with Crippen molar-refractivity contribution >= 4 is 11.6 Å². The second-order valence-electron chi connectivity index (χ2n) is 8.86. The van der Waals surface area contributed by atoms with Crippen molar-refractivity contribution in [2.24, 2.45) is 5.92 Å². The molecule has 2 N–H and O–H groups in total. The smallest absolute Gasteiger partial charge is 0.194 e. The summed E-state index contributed by atoms with van der Waals surface area (Å²) in [6.07, 6.45) is -1.58. The minimum Gasteiger partial charge on any atom is -0.394 e. The van der Waals surface area contributed by atoms with Crippen LogP contribution in [-0.2, 0) is 4.74 Å². The van der Waals surface area contributed by atoms with Crippen LogP contribution < -0.4 is 0 Å². The van der Waals surface area contributed by atoms with Gasteiger partial charge in [0, 0.05) is 16.5 Å². The van der Waals surface area contributed by atoms with Crippen LogP contribution in [0.15, 0.2) is 42.6 Å². The van der Waals surface area contributed by atoms with Crippen molar-refractivity contribution in [2.45, 2.75) is 38.2 Å². The van der Waals surface area contributed by atoms with E-state index in [4.69, 9.17) is 16.3 Å². The molecule has 0 aliphatic carbocycles. The maximum absolute atomic E-state index is 13.8. The molecule has 0 unspecified atom stereocenters. The first-order valence-electron chi connectivity index (χ1n) is 11.4. The molecule has 2 aromatic heterocycles. The SMILES string of the molecule is Cc1nc([C@@H]2O[C@H](CO)[C@H](O)[C@H](n3cc(-c4cc(F)c(F)c(F)c4)nn3)[C@H]2C)n(-c2cccc(Cl)c2)n1. The molecule has 9 nitrogen and oxygen atoms in total. The highest BCUT2D eigenvalue weighted by Gasteiger charge is 2.46. The van der Waals surface area contributed by atoms with Gasteiger partial charge in [0.2, 0.25) is 0 Å². The summed E-state index contributed by atoms with van der Waals surface area (Å²) in [5.74, 6) is -3.91. The lowest BCUT2D eigenvalue weighted by Gasteiger charge is -2.42.